The number of urea groups is 1. The molecular weight excluding hydrogens is 240 g/mol. The van der Waals surface area contributed by atoms with E-state index in [0.717, 1.165) is 29.8 Å². The van der Waals surface area contributed by atoms with Gasteiger partial charge in [-0.05, 0) is 31.4 Å². The van der Waals surface area contributed by atoms with E-state index in [1.807, 2.05) is 46.0 Å². The Bertz CT molecular complexity index is 462. The predicted molar refractivity (Wildman–Crippen MR) is 79.5 cm³/mol. The zero-order valence-electron chi connectivity index (χ0n) is 12.0. The van der Waals surface area contributed by atoms with Crippen LogP contribution in [-0.2, 0) is 0 Å². The van der Waals surface area contributed by atoms with Gasteiger partial charge in [-0.25, -0.2) is 4.79 Å². The first-order valence-electron chi connectivity index (χ1n) is 6.38. The van der Waals surface area contributed by atoms with Crippen LogP contribution in [0, 0.1) is 13.8 Å². The molecule has 0 radical (unpaired) electrons. The molecule has 19 heavy (non-hydrogen) atoms. The minimum Gasteiger partial charge on any atom is -0.369 e. The van der Waals surface area contributed by atoms with Crippen molar-refractivity contribution in [2.24, 2.45) is 10.7 Å². The fraction of sp³-hybridized carbons (Fsp3) is 0.429. The monoisotopic (exact) mass is 262 g/mol. The highest BCUT2D eigenvalue weighted by Gasteiger charge is 2.08. The van der Waals surface area contributed by atoms with E-state index < -0.39 is 6.03 Å². The number of benzene rings is 1. The molecule has 0 saturated heterocycles. The second-order valence-electron chi connectivity index (χ2n) is 4.59. The summed E-state index contributed by atoms with van der Waals surface area (Å²) in [7, 11) is 1.81. The molecule has 0 saturated carbocycles. The molecule has 0 aliphatic rings. The molecule has 1 aromatic carbocycles. The Morgan fingerprint density at radius 2 is 1.95 bits per heavy atom. The van der Waals surface area contributed by atoms with Crippen molar-refractivity contribution in [2.45, 2.75) is 27.2 Å². The summed E-state index contributed by atoms with van der Waals surface area (Å²) in [5.41, 5.74) is 8.55. The number of nitrogens with one attached hydrogen (secondary N) is 1. The lowest BCUT2D eigenvalue weighted by Gasteiger charge is -2.16. The smallest absolute Gasteiger partial charge is 0.348 e. The van der Waals surface area contributed by atoms with E-state index in [1.165, 1.54) is 0 Å². The molecule has 0 fully saturated rings. The third-order valence-electron chi connectivity index (χ3n) is 2.88. The fourth-order valence-electron chi connectivity index (χ4n) is 1.79. The second kappa shape index (κ2) is 6.78. The first-order chi connectivity index (χ1) is 8.95. The summed E-state index contributed by atoms with van der Waals surface area (Å²) in [4.78, 5) is 17.4. The number of nitrogens with zero attached hydrogens (tertiary/aromatic N) is 2. The maximum absolute atomic E-state index is 11.8. The third-order valence-corrected chi connectivity index (χ3v) is 2.88. The third kappa shape index (κ3) is 4.28. The van der Waals surface area contributed by atoms with E-state index in [-0.39, 0.29) is 5.96 Å². The first-order valence-corrected chi connectivity index (χ1v) is 6.38. The zero-order valence-corrected chi connectivity index (χ0v) is 12.0. The van der Waals surface area contributed by atoms with Crippen molar-refractivity contribution in [2.75, 3.05) is 18.9 Å². The number of nitrogens with two attached hydrogens (primary N) is 1. The first kappa shape index (κ1) is 15.0. The lowest BCUT2D eigenvalue weighted by molar-refractivity contribution is 0.259. The van der Waals surface area contributed by atoms with Crippen LogP contribution in [0.4, 0.5) is 10.5 Å². The van der Waals surface area contributed by atoms with Gasteiger partial charge >= 0.3 is 6.03 Å². The van der Waals surface area contributed by atoms with Crippen LogP contribution in [0.15, 0.2) is 23.2 Å². The van der Waals surface area contributed by atoms with Crippen LogP contribution in [0.25, 0.3) is 0 Å². The lowest BCUT2D eigenvalue weighted by Crippen LogP contribution is -2.35. The quantitative estimate of drug-likeness (QED) is 0.649. The summed E-state index contributed by atoms with van der Waals surface area (Å²) >= 11 is 0. The SMILES string of the molecule is CCCN(C)C(N)=NC(=O)Nc1c(C)cccc1C. The number of carbonyl (C=O) groups excluding carboxylic acids is 1. The van der Waals surface area contributed by atoms with Crippen molar-refractivity contribution in [3.8, 4) is 0 Å². The van der Waals surface area contributed by atoms with Crippen LogP contribution in [0.1, 0.15) is 24.5 Å². The summed E-state index contributed by atoms with van der Waals surface area (Å²) in [6.07, 6.45) is 0.950. The summed E-state index contributed by atoms with van der Waals surface area (Å²) in [6.45, 7) is 6.70. The number of amides is 2. The van der Waals surface area contributed by atoms with E-state index in [0.29, 0.717) is 0 Å². The molecule has 0 aromatic heterocycles. The van der Waals surface area contributed by atoms with Crippen molar-refractivity contribution in [3.05, 3.63) is 29.3 Å². The van der Waals surface area contributed by atoms with E-state index in [1.54, 1.807) is 4.90 Å². The van der Waals surface area contributed by atoms with Crippen LogP contribution in [0.5, 0.6) is 0 Å². The van der Waals surface area contributed by atoms with Crippen molar-refractivity contribution < 1.29 is 4.79 Å². The highest BCUT2D eigenvalue weighted by atomic mass is 16.2. The van der Waals surface area contributed by atoms with Crippen LogP contribution >= 0.6 is 0 Å². The molecule has 5 nitrogen and oxygen atoms in total. The van der Waals surface area contributed by atoms with Gasteiger partial charge in [0.1, 0.15) is 0 Å². The molecule has 0 heterocycles. The summed E-state index contributed by atoms with van der Waals surface area (Å²) in [5, 5.41) is 2.77. The Morgan fingerprint density at radius 3 is 2.47 bits per heavy atom. The maximum Gasteiger partial charge on any atom is 0.348 e. The standard InChI is InChI=1S/C14H22N4O/c1-5-9-18(4)13(15)17-14(19)16-12-10(2)7-6-8-11(12)3/h6-8H,5,9H2,1-4H3,(H3,15,16,17,19). The Morgan fingerprint density at radius 1 is 1.37 bits per heavy atom. The molecular formula is C14H22N4O. The van der Waals surface area contributed by atoms with Gasteiger partial charge in [0, 0.05) is 19.3 Å². The Kier molecular flexibility index (Phi) is 5.36. The van der Waals surface area contributed by atoms with E-state index >= 15 is 0 Å². The van der Waals surface area contributed by atoms with Gasteiger partial charge in [-0.2, -0.15) is 4.99 Å². The average Bonchev–Trinajstić information content (AvgIpc) is 2.34. The number of hydrogen-bond donors (Lipinski definition) is 2. The highest BCUT2D eigenvalue weighted by Crippen LogP contribution is 2.19. The number of anilines is 1. The van der Waals surface area contributed by atoms with Crippen molar-refractivity contribution in [1.29, 1.82) is 0 Å². The summed E-state index contributed by atoms with van der Waals surface area (Å²) in [6, 6.07) is 5.39. The molecule has 0 unspecified atom stereocenters. The number of aryl methyl sites for hydroxylation is 2. The van der Waals surface area contributed by atoms with Crippen LogP contribution in [-0.4, -0.2) is 30.5 Å². The highest BCUT2D eigenvalue weighted by molar-refractivity contribution is 5.99. The summed E-state index contributed by atoms with van der Waals surface area (Å²) < 4.78 is 0. The van der Waals surface area contributed by atoms with Gasteiger partial charge < -0.3 is 16.0 Å². The second-order valence-corrected chi connectivity index (χ2v) is 4.59. The zero-order chi connectivity index (χ0) is 14.4. The molecule has 0 aliphatic heterocycles. The fourth-order valence-corrected chi connectivity index (χ4v) is 1.79. The number of carbonyl (C=O) groups is 1. The van der Waals surface area contributed by atoms with Gasteiger partial charge in [0.25, 0.3) is 0 Å². The Hall–Kier alpha value is -2.04. The Balaban J connectivity index is 2.78. The molecule has 0 atom stereocenters. The molecule has 3 N–H and O–H groups in total. The van der Waals surface area contributed by atoms with E-state index in [9.17, 15) is 4.79 Å². The van der Waals surface area contributed by atoms with Crippen LogP contribution in [0.3, 0.4) is 0 Å². The minimum atomic E-state index is -0.446. The molecule has 2 amide bonds. The number of rotatable bonds is 3. The topological polar surface area (TPSA) is 70.7 Å². The largest absolute Gasteiger partial charge is 0.369 e. The van der Waals surface area contributed by atoms with Crippen molar-refractivity contribution in [1.82, 2.24) is 4.90 Å². The van der Waals surface area contributed by atoms with Gasteiger partial charge in [-0.15, -0.1) is 0 Å². The summed E-state index contributed by atoms with van der Waals surface area (Å²) in [5.74, 6) is 0.227. The van der Waals surface area contributed by atoms with Crippen molar-refractivity contribution >= 4 is 17.7 Å². The van der Waals surface area contributed by atoms with Crippen LogP contribution < -0.4 is 11.1 Å². The van der Waals surface area contributed by atoms with Gasteiger partial charge in [0.15, 0.2) is 0 Å². The average molecular weight is 262 g/mol. The normalized spacial score (nSPS) is 11.3. The molecule has 104 valence electrons. The molecule has 5 heteroatoms. The maximum atomic E-state index is 11.8. The lowest BCUT2D eigenvalue weighted by atomic mass is 10.1. The predicted octanol–water partition coefficient (Wildman–Crippen LogP) is 2.49. The molecule has 1 aromatic rings. The van der Waals surface area contributed by atoms with E-state index in [4.69, 9.17) is 5.73 Å². The van der Waals surface area contributed by atoms with Gasteiger partial charge in [-0.3, -0.25) is 0 Å². The Labute approximate surface area is 114 Å². The van der Waals surface area contributed by atoms with Crippen LogP contribution in [0.2, 0.25) is 0 Å². The number of para-hydroxylation sites is 1. The van der Waals surface area contributed by atoms with Gasteiger partial charge in [0.2, 0.25) is 5.96 Å². The number of aliphatic imine (C=N–C) groups is 1. The number of guanidine groups is 1. The van der Waals surface area contributed by atoms with Gasteiger partial charge in [0.05, 0.1) is 0 Å². The molecule has 1 rings (SSSR count). The molecule has 0 spiro atoms. The molecule has 0 bridgehead atoms. The van der Waals surface area contributed by atoms with E-state index in [2.05, 4.69) is 10.3 Å². The minimum absolute atomic E-state index is 0.227. The number of hydrogen-bond acceptors (Lipinski definition) is 1. The molecule has 0 aliphatic carbocycles. The van der Waals surface area contributed by atoms with Gasteiger partial charge in [-0.1, -0.05) is 25.1 Å². The van der Waals surface area contributed by atoms with Crippen molar-refractivity contribution in [3.63, 3.8) is 0 Å².